The van der Waals surface area contributed by atoms with Gasteiger partial charge in [-0.1, -0.05) is 18.2 Å². The van der Waals surface area contributed by atoms with Gasteiger partial charge in [-0.25, -0.2) is 18.1 Å². The van der Waals surface area contributed by atoms with Crippen LogP contribution in [0, 0.1) is 6.92 Å². The molecule has 1 aliphatic carbocycles. The molecule has 1 fully saturated rings. The first-order chi connectivity index (χ1) is 11.9. The Balaban J connectivity index is 1.62. The van der Waals surface area contributed by atoms with Crippen molar-refractivity contribution in [2.45, 2.75) is 30.7 Å². The second-order valence-electron chi connectivity index (χ2n) is 5.95. The van der Waals surface area contributed by atoms with Crippen LogP contribution in [0.15, 0.2) is 53.4 Å². The fourth-order valence-corrected chi connectivity index (χ4v) is 3.50. The van der Waals surface area contributed by atoms with Crippen LogP contribution in [0.1, 0.15) is 24.1 Å². The van der Waals surface area contributed by atoms with Gasteiger partial charge in [0, 0.05) is 17.8 Å². The van der Waals surface area contributed by atoms with Gasteiger partial charge in [0.05, 0.1) is 4.90 Å². The third-order valence-electron chi connectivity index (χ3n) is 3.66. The molecule has 1 saturated carbocycles. The van der Waals surface area contributed by atoms with Crippen LogP contribution in [-0.2, 0) is 14.8 Å². The molecule has 25 heavy (non-hydrogen) atoms. The van der Waals surface area contributed by atoms with E-state index < -0.39 is 10.0 Å². The summed E-state index contributed by atoms with van der Waals surface area (Å²) in [4.78, 5) is 16.3. The van der Waals surface area contributed by atoms with Crippen LogP contribution in [0.5, 0.6) is 0 Å². The number of aryl methyl sites for hydroxylation is 1. The molecule has 2 N–H and O–H groups in total. The Kier molecular flexibility index (Phi) is 4.96. The topological polar surface area (TPSA) is 88.2 Å². The van der Waals surface area contributed by atoms with Gasteiger partial charge in [-0.2, -0.15) is 0 Å². The van der Waals surface area contributed by atoms with Gasteiger partial charge < -0.3 is 5.32 Å². The Hall–Kier alpha value is -2.51. The number of aromatic nitrogens is 1. The average molecular weight is 357 g/mol. The molecule has 0 bridgehead atoms. The number of hydrogen-bond donors (Lipinski definition) is 2. The molecule has 0 radical (unpaired) electrons. The number of carbonyl (C=O) groups is 1. The van der Waals surface area contributed by atoms with E-state index in [1.54, 1.807) is 24.3 Å². The van der Waals surface area contributed by atoms with Crippen LogP contribution in [0.4, 0.5) is 5.82 Å². The molecule has 0 saturated heterocycles. The quantitative estimate of drug-likeness (QED) is 0.778. The van der Waals surface area contributed by atoms with Crippen molar-refractivity contribution >= 4 is 27.8 Å². The largest absolute Gasteiger partial charge is 0.307 e. The van der Waals surface area contributed by atoms with Crippen molar-refractivity contribution in [1.82, 2.24) is 9.71 Å². The zero-order valence-electron chi connectivity index (χ0n) is 13.8. The van der Waals surface area contributed by atoms with Gasteiger partial charge >= 0.3 is 0 Å². The fraction of sp³-hybridized carbons (Fsp3) is 0.222. The molecule has 1 amide bonds. The number of rotatable bonds is 6. The highest BCUT2D eigenvalue weighted by Gasteiger charge is 2.27. The van der Waals surface area contributed by atoms with Gasteiger partial charge in [-0.15, -0.1) is 0 Å². The summed E-state index contributed by atoms with van der Waals surface area (Å²) in [6.07, 6.45) is 4.79. The Bertz CT molecular complexity index is 901. The molecule has 2 aromatic rings. The van der Waals surface area contributed by atoms with E-state index >= 15 is 0 Å². The van der Waals surface area contributed by atoms with E-state index in [2.05, 4.69) is 15.0 Å². The van der Waals surface area contributed by atoms with E-state index in [4.69, 9.17) is 0 Å². The SMILES string of the molecule is Cc1cccc(NC(=O)C=Cc2ccc(S(=O)(=O)NC3CC3)cc2)n1. The zero-order valence-corrected chi connectivity index (χ0v) is 14.6. The number of pyridine rings is 1. The van der Waals surface area contributed by atoms with Crippen molar-refractivity contribution in [3.63, 3.8) is 0 Å². The van der Waals surface area contributed by atoms with Gasteiger partial charge in [-0.05, 0) is 55.7 Å². The predicted molar refractivity (Wildman–Crippen MR) is 96.4 cm³/mol. The number of carbonyl (C=O) groups excluding carboxylic acids is 1. The molecule has 0 spiro atoms. The monoisotopic (exact) mass is 357 g/mol. The maximum atomic E-state index is 12.1. The van der Waals surface area contributed by atoms with Gasteiger partial charge in [0.25, 0.3) is 0 Å². The molecule has 1 aromatic heterocycles. The first-order valence-electron chi connectivity index (χ1n) is 7.97. The molecule has 1 aliphatic rings. The Morgan fingerprint density at radius 1 is 1.16 bits per heavy atom. The normalized spacial score (nSPS) is 14.6. The lowest BCUT2D eigenvalue weighted by molar-refractivity contribution is -0.111. The Morgan fingerprint density at radius 2 is 1.88 bits per heavy atom. The lowest BCUT2D eigenvalue weighted by atomic mass is 10.2. The highest BCUT2D eigenvalue weighted by molar-refractivity contribution is 7.89. The van der Waals surface area contributed by atoms with Crippen LogP contribution in [-0.4, -0.2) is 25.4 Å². The van der Waals surface area contributed by atoms with Gasteiger partial charge in [-0.3, -0.25) is 4.79 Å². The molecule has 1 heterocycles. The maximum Gasteiger partial charge on any atom is 0.249 e. The molecule has 1 aromatic carbocycles. The third-order valence-corrected chi connectivity index (χ3v) is 5.19. The van der Waals surface area contributed by atoms with Crippen molar-refractivity contribution in [3.8, 4) is 0 Å². The van der Waals surface area contributed by atoms with Crippen LogP contribution < -0.4 is 10.0 Å². The molecular weight excluding hydrogens is 338 g/mol. The number of nitrogens with one attached hydrogen (secondary N) is 2. The molecule has 130 valence electrons. The summed E-state index contributed by atoms with van der Waals surface area (Å²) in [5, 5.41) is 2.67. The van der Waals surface area contributed by atoms with Gasteiger partial charge in [0.1, 0.15) is 5.82 Å². The Labute approximate surface area is 147 Å². The summed E-state index contributed by atoms with van der Waals surface area (Å²) in [5.41, 5.74) is 1.55. The lowest BCUT2D eigenvalue weighted by Crippen LogP contribution is -2.25. The average Bonchev–Trinajstić information content (AvgIpc) is 3.37. The minimum Gasteiger partial charge on any atom is -0.307 e. The molecular formula is C18H19N3O3S. The van der Waals surface area contributed by atoms with Gasteiger partial charge in [0.2, 0.25) is 15.9 Å². The summed E-state index contributed by atoms with van der Waals surface area (Å²) < 4.78 is 26.8. The van der Waals surface area contributed by atoms with Crippen LogP contribution in [0.3, 0.4) is 0 Å². The van der Waals surface area contributed by atoms with Crippen LogP contribution >= 0.6 is 0 Å². The molecule has 0 unspecified atom stereocenters. The van der Waals surface area contributed by atoms with Crippen molar-refractivity contribution in [2.24, 2.45) is 0 Å². The summed E-state index contributed by atoms with van der Waals surface area (Å²) in [6.45, 7) is 1.85. The minimum absolute atomic E-state index is 0.0727. The van der Waals surface area contributed by atoms with E-state index in [0.29, 0.717) is 5.82 Å². The second-order valence-corrected chi connectivity index (χ2v) is 7.67. The zero-order chi connectivity index (χ0) is 17.9. The lowest BCUT2D eigenvalue weighted by Gasteiger charge is -2.05. The number of hydrogen-bond acceptors (Lipinski definition) is 4. The second kappa shape index (κ2) is 7.16. The number of nitrogens with zero attached hydrogens (tertiary/aromatic N) is 1. The van der Waals surface area contributed by atoms with Crippen molar-refractivity contribution in [3.05, 3.63) is 59.8 Å². The van der Waals surface area contributed by atoms with E-state index in [9.17, 15) is 13.2 Å². The number of benzene rings is 1. The third kappa shape index (κ3) is 4.98. The summed E-state index contributed by atoms with van der Waals surface area (Å²) in [7, 11) is -3.45. The van der Waals surface area contributed by atoms with Crippen molar-refractivity contribution in [1.29, 1.82) is 0 Å². The molecule has 6 nitrogen and oxygen atoms in total. The van der Waals surface area contributed by atoms with E-state index in [1.165, 1.54) is 18.2 Å². The van der Waals surface area contributed by atoms with Gasteiger partial charge in [0.15, 0.2) is 0 Å². The molecule has 7 heteroatoms. The van der Waals surface area contributed by atoms with E-state index in [1.807, 2.05) is 19.1 Å². The molecule has 0 atom stereocenters. The van der Waals surface area contributed by atoms with Crippen LogP contribution in [0.25, 0.3) is 6.08 Å². The predicted octanol–water partition coefficient (Wildman–Crippen LogP) is 2.48. The maximum absolute atomic E-state index is 12.1. The summed E-state index contributed by atoms with van der Waals surface area (Å²) in [6, 6.07) is 11.8. The minimum atomic E-state index is -3.45. The summed E-state index contributed by atoms with van der Waals surface area (Å²) in [5.74, 6) is 0.187. The highest BCUT2D eigenvalue weighted by Crippen LogP contribution is 2.22. The first-order valence-corrected chi connectivity index (χ1v) is 9.46. The number of amides is 1. The van der Waals surface area contributed by atoms with Crippen LogP contribution in [0.2, 0.25) is 0 Å². The number of sulfonamides is 1. The van der Waals surface area contributed by atoms with Crippen molar-refractivity contribution in [2.75, 3.05) is 5.32 Å². The highest BCUT2D eigenvalue weighted by atomic mass is 32.2. The molecule has 0 aliphatic heterocycles. The Morgan fingerprint density at radius 3 is 2.52 bits per heavy atom. The molecule has 3 rings (SSSR count). The fourth-order valence-electron chi connectivity index (χ4n) is 2.20. The first kappa shape index (κ1) is 17.3. The smallest absolute Gasteiger partial charge is 0.249 e. The van der Waals surface area contributed by atoms with E-state index in [-0.39, 0.29) is 16.8 Å². The number of anilines is 1. The summed E-state index contributed by atoms with van der Waals surface area (Å²) >= 11 is 0. The van der Waals surface area contributed by atoms with E-state index in [0.717, 1.165) is 24.1 Å². The standard InChI is InChI=1S/C18H19N3O3S/c1-13-3-2-4-17(19-13)20-18(22)12-7-14-5-10-16(11-6-14)25(23,24)21-15-8-9-15/h2-7,10-12,15,21H,8-9H2,1H3,(H,19,20,22). The van der Waals surface area contributed by atoms with Crippen molar-refractivity contribution < 1.29 is 13.2 Å².